The summed E-state index contributed by atoms with van der Waals surface area (Å²) in [7, 11) is 2.16. The molecule has 0 spiro atoms. The Balaban J connectivity index is 1.56. The number of nitrogens with zero attached hydrogens (tertiary/aromatic N) is 1. The molecule has 0 saturated carbocycles. The summed E-state index contributed by atoms with van der Waals surface area (Å²) in [6.45, 7) is 8.52. The van der Waals surface area contributed by atoms with Crippen molar-refractivity contribution in [3.8, 4) is 22.8 Å². The Morgan fingerprint density at radius 3 is 2.44 bits per heavy atom. The lowest BCUT2D eigenvalue weighted by molar-refractivity contribution is -0.659. The molecule has 2 aliphatic rings. The van der Waals surface area contributed by atoms with Crippen LogP contribution in [0.25, 0.3) is 43.6 Å². The average molecular weight is 475 g/mol. The normalized spacial score (nSPS) is 15.6. The Morgan fingerprint density at radius 1 is 0.889 bits per heavy atom. The molecule has 0 bridgehead atoms. The smallest absolute Gasteiger partial charge is 0.228 e. The molecular weight excluding hydrogens is 442 g/mol. The molecule has 3 heteroatoms. The fourth-order valence-corrected chi connectivity index (χ4v) is 6.63. The number of rotatable bonds is 2. The number of hydrogen-bond donors (Lipinski definition) is 0. The first kappa shape index (κ1) is 21.8. The maximum Gasteiger partial charge on any atom is 0.228 e. The van der Waals surface area contributed by atoms with Gasteiger partial charge in [-0.15, -0.1) is 0 Å². The zero-order chi connectivity index (χ0) is 24.6. The van der Waals surface area contributed by atoms with Crippen LogP contribution in [0.2, 0.25) is 0 Å². The van der Waals surface area contributed by atoms with E-state index < -0.39 is 0 Å². The molecule has 36 heavy (non-hydrogen) atoms. The SMILES string of the molecule is Cc1c2c(c(C(C)C)c3ccccc13)Oc1cc3cc(C4CCOCC4)ccc3c3cc[n+](C)c-2c13. The van der Waals surface area contributed by atoms with Crippen LogP contribution in [-0.4, -0.2) is 13.2 Å². The summed E-state index contributed by atoms with van der Waals surface area (Å²) in [6.07, 6.45) is 4.41. The third-order valence-electron chi connectivity index (χ3n) is 8.41. The van der Waals surface area contributed by atoms with E-state index in [0.29, 0.717) is 11.8 Å². The first-order valence-electron chi connectivity index (χ1n) is 13.2. The van der Waals surface area contributed by atoms with E-state index in [1.165, 1.54) is 60.3 Å². The van der Waals surface area contributed by atoms with Gasteiger partial charge in [-0.25, -0.2) is 4.57 Å². The standard InChI is InChI=1S/C33H32NO2/c1-19(2)29-26-8-6-5-7-24(26)20(3)30-32-31-27(11-14-34(32)4)25-10-9-22(21-12-15-35-16-13-21)17-23(25)18-28(31)36-33(29)30/h5-11,14,17-19,21H,12-13,15-16H2,1-4H3/q+1. The highest BCUT2D eigenvalue weighted by atomic mass is 16.5. The van der Waals surface area contributed by atoms with Gasteiger partial charge in [0, 0.05) is 30.2 Å². The zero-order valence-electron chi connectivity index (χ0n) is 21.5. The van der Waals surface area contributed by atoms with Crippen molar-refractivity contribution < 1.29 is 14.0 Å². The Morgan fingerprint density at radius 2 is 1.67 bits per heavy atom. The fourth-order valence-electron chi connectivity index (χ4n) is 6.63. The van der Waals surface area contributed by atoms with Crippen LogP contribution < -0.4 is 9.30 Å². The molecule has 2 aliphatic heterocycles. The van der Waals surface area contributed by atoms with Gasteiger partial charge in [0.2, 0.25) is 5.69 Å². The molecule has 0 unspecified atom stereocenters. The van der Waals surface area contributed by atoms with Crippen molar-refractivity contribution in [1.29, 1.82) is 0 Å². The molecule has 0 aliphatic carbocycles. The minimum absolute atomic E-state index is 0.343. The number of aryl methyl sites for hydroxylation is 2. The van der Waals surface area contributed by atoms with Gasteiger partial charge < -0.3 is 9.47 Å². The third kappa shape index (κ3) is 3.05. The van der Waals surface area contributed by atoms with Gasteiger partial charge in [0.25, 0.3) is 0 Å². The number of hydrogen-bond acceptors (Lipinski definition) is 2. The summed E-state index contributed by atoms with van der Waals surface area (Å²) in [5.41, 5.74) is 6.49. The largest absolute Gasteiger partial charge is 0.455 e. The first-order chi connectivity index (χ1) is 17.5. The summed E-state index contributed by atoms with van der Waals surface area (Å²) in [5, 5.41) is 7.63. The van der Waals surface area contributed by atoms with Crippen molar-refractivity contribution in [3.05, 3.63) is 77.5 Å². The second-order valence-electron chi connectivity index (χ2n) is 10.9. The number of aromatic nitrogens is 1. The minimum Gasteiger partial charge on any atom is -0.455 e. The van der Waals surface area contributed by atoms with Crippen molar-refractivity contribution in [2.45, 2.75) is 45.4 Å². The van der Waals surface area contributed by atoms with Crippen LogP contribution in [0.1, 0.15) is 55.2 Å². The van der Waals surface area contributed by atoms with E-state index in [1.54, 1.807) is 0 Å². The number of fused-ring (bicyclic) bond motifs is 5. The summed E-state index contributed by atoms with van der Waals surface area (Å²) in [5.74, 6) is 2.91. The highest BCUT2D eigenvalue weighted by molar-refractivity contribution is 6.16. The van der Waals surface area contributed by atoms with Crippen molar-refractivity contribution in [1.82, 2.24) is 0 Å². The molecule has 3 nitrogen and oxygen atoms in total. The molecule has 5 aromatic rings. The maximum absolute atomic E-state index is 6.95. The van der Waals surface area contributed by atoms with E-state index in [2.05, 4.69) is 93.2 Å². The predicted octanol–water partition coefficient (Wildman–Crippen LogP) is 8.07. The molecule has 0 radical (unpaired) electrons. The zero-order valence-corrected chi connectivity index (χ0v) is 21.5. The molecule has 0 N–H and O–H groups in total. The maximum atomic E-state index is 6.95. The van der Waals surface area contributed by atoms with Crippen molar-refractivity contribution >= 4 is 32.3 Å². The molecule has 0 atom stereocenters. The highest BCUT2D eigenvalue weighted by Crippen LogP contribution is 2.53. The number of benzene rings is 4. The van der Waals surface area contributed by atoms with Gasteiger partial charge in [-0.05, 0) is 70.3 Å². The van der Waals surface area contributed by atoms with Crippen molar-refractivity contribution in [2.75, 3.05) is 13.2 Å². The van der Waals surface area contributed by atoms with Crippen LogP contribution in [0.5, 0.6) is 11.5 Å². The Bertz CT molecular complexity index is 1690. The molecule has 7 rings (SSSR count). The van der Waals surface area contributed by atoms with E-state index in [9.17, 15) is 0 Å². The first-order valence-corrected chi connectivity index (χ1v) is 13.2. The van der Waals surface area contributed by atoms with Crippen LogP contribution in [0.15, 0.2) is 60.8 Å². The van der Waals surface area contributed by atoms with Crippen LogP contribution in [0.3, 0.4) is 0 Å². The minimum atomic E-state index is 0.343. The van der Waals surface area contributed by atoms with Crippen molar-refractivity contribution in [2.24, 2.45) is 7.05 Å². The second kappa shape index (κ2) is 8.04. The van der Waals surface area contributed by atoms with Crippen LogP contribution in [0, 0.1) is 6.92 Å². The summed E-state index contributed by atoms with van der Waals surface area (Å²) >= 11 is 0. The monoisotopic (exact) mass is 474 g/mol. The average Bonchev–Trinajstić information content (AvgIpc) is 2.90. The van der Waals surface area contributed by atoms with Crippen LogP contribution in [-0.2, 0) is 11.8 Å². The highest BCUT2D eigenvalue weighted by Gasteiger charge is 2.34. The quantitative estimate of drug-likeness (QED) is 0.187. The van der Waals surface area contributed by atoms with Gasteiger partial charge in [-0.2, -0.15) is 0 Å². The summed E-state index contributed by atoms with van der Waals surface area (Å²) in [6, 6.07) is 20.4. The van der Waals surface area contributed by atoms with E-state index >= 15 is 0 Å². The topological polar surface area (TPSA) is 22.3 Å². The van der Waals surface area contributed by atoms with Gasteiger partial charge in [0.15, 0.2) is 6.20 Å². The molecule has 1 saturated heterocycles. The van der Waals surface area contributed by atoms with Crippen LogP contribution >= 0.6 is 0 Å². The lowest BCUT2D eigenvalue weighted by atomic mass is 9.84. The molecular formula is C33H32NO2+. The number of ether oxygens (including phenoxy) is 2. The Labute approximate surface area is 212 Å². The van der Waals surface area contributed by atoms with Gasteiger partial charge >= 0.3 is 0 Å². The summed E-state index contributed by atoms with van der Waals surface area (Å²) < 4.78 is 14.8. The molecule has 1 fully saturated rings. The van der Waals surface area contributed by atoms with Gasteiger partial charge in [0.1, 0.15) is 18.5 Å². The molecule has 0 amide bonds. The van der Waals surface area contributed by atoms with Crippen molar-refractivity contribution in [3.63, 3.8) is 0 Å². The van der Waals surface area contributed by atoms with E-state index in [4.69, 9.17) is 9.47 Å². The third-order valence-corrected chi connectivity index (χ3v) is 8.41. The molecule has 3 heterocycles. The molecule has 1 aromatic heterocycles. The second-order valence-corrected chi connectivity index (χ2v) is 10.9. The van der Waals surface area contributed by atoms with Gasteiger partial charge in [-0.3, -0.25) is 0 Å². The van der Waals surface area contributed by atoms with Gasteiger partial charge in [-0.1, -0.05) is 56.3 Å². The van der Waals surface area contributed by atoms with Crippen LogP contribution in [0.4, 0.5) is 0 Å². The predicted molar refractivity (Wildman–Crippen MR) is 147 cm³/mol. The lowest BCUT2D eigenvalue weighted by Gasteiger charge is -2.27. The fraction of sp³-hybridized carbons (Fsp3) is 0.303. The lowest BCUT2D eigenvalue weighted by Crippen LogP contribution is -2.32. The van der Waals surface area contributed by atoms with Gasteiger partial charge in [0.05, 0.1) is 10.9 Å². The molecule has 4 aromatic carbocycles. The van der Waals surface area contributed by atoms with E-state index in [1.807, 2.05) is 0 Å². The Hall–Kier alpha value is -3.43. The Kier molecular flexibility index (Phi) is 4.87. The number of pyridine rings is 1. The van der Waals surface area contributed by atoms with E-state index in [0.717, 1.165) is 37.6 Å². The van der Waals surface area contributed by atoms with E-state index in [-0.39, 0.29) is 0 Å². The summed E-state index contributed by atoms with van der Waals surface area (Å²) in [4.78, 5) is 0. The molecule has 180 valence electrons.